The summed E-state index contributed by atoms with van der Waals surface area (Å²) >= 11 is 0. The third-order valence-electron chi connectivity index (χ3n) is 5.22. The van der Waals surface area contributed by atoms with Crippen LogP contribution in [0.15, 0.2) is 36.4 Å². The van der Waals surface area contributed by atoms with Gasteiger partial charge in [0.15, 0.2) is 0 Å². The highest BCUT2D eigenvalue weighted by Gasteiger charge is 2.34. The molecule has 1 aliphatic heterocycles. The van der Waals surface area contributed by atoms with Crippen molar-refractivity contribution < 1.29 is 9.53 Å². The Bertz CT molecular complexity index is 743. The Hall–Kier alpha value is -2.07. The minimum Gasteiger partial charge on any atom is -0.497 e. The molecule has 1 aliphatic rings. The predicted molar refractivity (Wildman–Crippen MR) is 97.3 cm³/mol. The summed E-state index contributed by atoms with van der Waals surface area (Å²) < 4.78 is 5.27. The van der Waals surface area contributed by atoms with Crippen LogP contribution in [0.2, 0.25) is 0 Å². The Morgan fingerprint density at radius 2 is 2.00 bits per heavy atom. The summed E-state index contributed by atoms with van der Waals surface area (Å²) in [6, 6.07) is 12.5. The number of carbonyl (C=O) groups excluding carboxylic acids is 1. The van der Waals surface area contributed by atoms with Crippen molar-refractivity contribution >= 4 is 16.7 Å². The third-order valence-corrected chi connectivity index (χ3v) is 5.22. The van der Waals surface area contributed by atoms with Crippen LogP contribution in [-0.4, -0.2) is 37.0 Å². The molecule has 4 nitrogen and oxygen atoms in total. The number of likely N-dealkylation sites (tertiary alicyclic amines) is 1. The number of carbonyl (C=O) groups is 1. The molecule has 24 heavy (non-hydrogen) atoms. The van der Waals surface area contributed by atoms with Crippen molar-refractivity contribution in [3.63, 3.8) is 0 Å². The number of ether oxygens (including phenoxy) is 1. The lowest BCUT2D eigenvalue weighted by Crippen LogP contribution is -2.37. The SMILES string of the molecule is COc1ccc2cc(C(C)C(=O)N3CC(CN)CC3C)ccc2c1. The molecule has 0 bridgehead atoms. The second kappa shape index (κ2) is 6.81. The molecule has 1 fully saturated rings. The van der Waals surface area contributed by atoms with E-state index in [1.165, 1.54) is 0 Å². The summed E-state index contributed by atoms with van der Waals surface area (Å²) in [4.78, 5) is 14.9. The van der Waals surface area contributed by atoms with Crippen molar-refractivity contribution in [3.05, 3.63) is 42.0 Å². The van der Waals surface area contributed by atoms with Gasteiger partial charge in [0.1, 0.15) is 5.75 Å². The van der Waals surface area contributed by atoms with E-state index in [1.807, 2.05) is 36.1 Å². The lowest BCUT2D eigenvalue weighted by atomic mass is 9.96. The minimum atomic E-state index is -0.143. The zero-order chi connectivity index (χ0) is 17.3. The first-order valence-electron chi connectivity index (χ1n) is 8.61. The van der Waals surface area contributed by atoms with Crippen molar-refractivity contribution in [1.29, 1.82) is 0 Å². The molecular formula is C20H26N2O2. The lowest BCUT2D eigenvalue weighted by Gasteiger charge is -2.25. The van der Waals surface area contributed by atoms with Gasteiger partial charge in [0.25, 0.3) is 0 Å². The maximum atomic E-state index is 12.9. The molecule has 4 heteroatoms. The van der Waals surface area contributed by atoms with E-state index in [-0.39, 0.29) is 17.9 Å². The van der Waals surface area contributed by atoms with E-state index in [2.05, 4.69) is 19.1 Å². The molecule has 1 amide bonds. The van der Waals surface area contributed by atoms with Gasteiger partial charge in [-0.1, -0.05) is 24.3 Å². The van der Waals surface area contributed by atoms with Crippen LogP contribution in [-0.2, 0) is 4.79 Å². The highest BCUT2D eigenvalue weighted by atomic mass is 16.5. The average molecular weight is 326 g/mol. The van der Waals surface area contributed by atoms with Gasteiger partial charge in [-0.15, -0.1) is 0 Å². The lowest BCUT2D eigenvalue weighted by molar-refractivity contribution is -0.133. The highest BCUT2D eigenvalue weighted by Crippen LogP contribution is 2.29. The Balaban J connectivity index is 1.82. The maximum Gasteiger partial charge on any atom is 0.230 e. The number of amides is 1. The Morgan fingerprint density at radius 3 is 2.67 bits per heavy atom. The molecule has 0 aromatic heterocycles. The van der Waals surface area contributed by atoms with Crippen LogP contribution in [0.25, 0.3) is 10.8 Å². The van der Waals surface area contributed by atoms with E-state index in [9.17, 15) is 4.79 Å². The monoisotopic (exact) mass is 326 g/mol. The Kier molecular flexibility index (Phi) is 4.76. The van der Waals surface area contributed by atoms with Gasteiger partial charge in [-0.3, -0.25) is 4.79 Å². The number of nitrogens with two attached hydrogens (primary N) is 1. The number of hydrogen-bond donors (Lipinski definition) is 1. The van der Waals surface area contributed by atoms with E-state index in [0.29, 0.717) is 12.5 Å². The second-order valence-electron chi connectivity index (χ2n) is 6.87. The van der Waals surface area contributed by atoms with E-state index >= 15 is 0 Å². The van der Waals surface area contributed by atoms with E-state index in [4.69, 9.17) is 10.5 Å². The second-order valence-corrected chi connectivity index (χ2v) is 6.87. The van der Waals surface area contributed by atoms with Gasteiger partial charge in [-0.25, -0.2) is 0 Å². The first kappa shape index (κ1) is 16.8. The molecule has 2 aromatic rings. The van der Waals surface area contributed by atoms with Crippen LogP contribution in [0.4, 0.5) is 0 Å². The van der Waals surface area contributed by atoms with Gasteiger partial charge in [-0.2, -0.15) is 0 Å². The van der Waals surface area contributed by atoms with Crippen LogP contribution in [0.1, 0.15) is 31.7 Å². The summed E-state index contributed by atoms with van der Waals surface area (Å²) in [5, 5.41) is 2.25. The molecule has 0 saturated carbocycles. The van der Waals surface area contributed by atoms with Gasteiger partial charge in [0.05, 0.1) is 13.0 Å². The van der Waals surface area contributed by atoms with Gasteiger partial charge in [-0.05, 0) is 61.2 Å². The number of nitrogens with zero attached hydrogens (tertiary/aromatic N) is 1. The van der Waals surface area contributed by atoms with Crippen molar-refractivity contribution in [2.24, 2.45) is 11.7 Å². The van der Waals surface area contributed by atoms with Gasteiger partial charge in [0, 0.05) is 12.6 Å². The van der Waals surface area contributed by atoms with Crippen molar-refractivity contribution in [2.75, 3.05) is 20.2 Å². The Morgan fingerprint density at radius 1 is 1.29 bits per heavy atom. The molecule has 1 saturated heterocycles. The number of rotatable bonds is 4. The summed E-state index contributed by atoms with van der Waals surface area (Å²) in [6.07, 6.45) is 1.01. The normalized spacial score (nSPS) is 21.9. The molecule has 0 aliphatic carbocycles. The van der Waals surface area contributed by atoms with Crippen LogP contribution < -0.4 is 10.5 Å². The molecule has 0 spiro atoms. The zero-order valence-electron chi connectivity index (χ0n) is 14.7. The van der Waals surface area contributed by atoms with Crippen molar-refractivity contribution in [3.8, 4) is 5.75 Å². The molecule has 0 radical (unpaired) electrons. The number of benzene rings is 2. The number of hydrogen-bond acceptors (Lipinski definition) is 3. The topological polar surface area (TPSA) is 55.6 Å². The van der Waals surface area contributed by atoms with Gasteiger partial charge in [0.2, 0.25) is 5.91 Å². The molecule has 3 unspecified atom stereocenters. The zero-order valence-corrected chi connectivity index (χ0v) is 14.7. The first-order valence-corrected chi connectivity index (χ1v) is 8.61. The fraction of sp³-hybridized carbons (Fsp3) is 0.450. The number of methoxy groups -OCH3 is 1. The number of fused-ring (bicyclic) bond motifs is 1. The largest absolute Gasteiger partial charge is 0.497 e. The van der Waals surface area contributed by atoms with Crippen LogP contribution >= 0.6 is 0 Å². The molecule has 2 aromatic carbocycles. The summed E-state index contributed by atoms with van der Waals surface area (Å²) in [6.45, 7) is 5.55. The molecule has 128 valence electrons. The fourth-order valence-corrected chi connectivity index (χ4v) is 3.65. The summed E-state index contributed by atoms with van der Waals surface area (Å²) in [5.41, 5.74) is 6.84. The molecule has 1 heterocycles. The smallest absolute Gasteiger partial charge is 0.230 e. The van der Waals surface area contributed by atoms with Gasteiger partial charge >= 0.3 is 0 Å². The summed E-state index contributed by atoms with van der Waals surface area (Å²) in [7, 11) is 1.67. The molecule has 2 N–H and O–H groups in total. The van der Waals surface area contributed by atoms with Gasteiger partial charge < -0.3 is 15.4 Å². The van der Waals surface area contributed by atoms with Crippen molar-refractivity contribution in [1.82, 2.24) is 4.90 Å². The standard InChI is InChI=1S/C20H26N2O2/c1-13-8-15(11-21)12-22(13)20(23)14(2)16-4-5-18-10-19(24-3)7-6-17(18)9-16/h4-7,9-10,13-15H,8,11-12,21H2,1-3H3. The maximum absolute atomic E-state index is 12.9. The fourth-order valence-electron chi connectivity index (χ4n) is 3.65. The van der Waals surface area contributed by atoms with E-state index < -0.39 is 0 Å². The Labute approximate surface area is 143 Å². The predicted octanol–water partition coefficient (Wildman–Crippen LogP) is 3.15. The van der Waals surface area contributed by atoms with Crippen LogP contribution in [0.3, 0.4) is 0 Å². The third kappa shape index (κ3) is 3.11. The summed E-state index contributed by atoms with van der Waals surface area (Å²) in [5.74, 6) is 1.33. The minimum absolute atomic E-state index is 0.143. The van der Waals surface area contributed by atoms with E-state index in [0.717, 1.165) is 35.1 Å². The molecule has 3 rings (SSSR count). The van der Waals surface area contributed by atoms with Crippen molar-refractivity contribution in [2.45, 2.75) is 32.2 Å². The van der Waals surface area contributed by atoms with Crippen LogP contribution in [0.5, 0.6) is 5.75 Å². The quantitative estimate of drug-likeness (QED) is 0.939. The molecule has 3 atom stereocenters. The first-order chi connectivity index (χ1) is 11.5. The van der Waals surface area contributed by atoms with E-state index in [1.54, 1.807) is 7.11 Å². The van der Waals surface area contributed by atoms with Crippen LogP contribution in [0, 0.1) is 5.92 Å². The molecular weight excluding hydrogens is 300 g/mol. The average Bonchev–Trinajstić information content (AvgIpc) is 3.00. The highest BCUT2D eigenvalue weighted by molar-refractivity contribution is 5.88.